The van der Waals surface area contributed by atoms with Crippen molar-refractivity contribution in [3.63, 3.8) is 0 Å². The molecule has 0 aliphatic heterocycles. The van der Waals surface area contributed by atoms with Crippen LogP contribution in [0.3, 0.4) is 0 Å². The van der Waals surface area contributed by atoms with E-state index in [4.69, 9.17) is 0 Å². The molecule has 0 spiro atoms. The number of hydrogen-bond donors (Lipinski definition) is 0. The molecule has 6 aliphatic rings. The smallest absolute Gasteiger partial charge is 0.0422 e. The van der Waals surface area contributed by atoms with E-state index in [1.807, 2.05) is 0 Å². The second kappa shape index (κ2) is 2.09. The van der Waals surface area contributed by atoms with E-state index in [0.717, 1.165) is 38.9 Å². The van der Waals surface area contributed by atoms with Gasteiger partial charge in [0.15, 0.2) is 0 Å². The molecule has 17 heavy (non-hydrogen) atoms. The second-order valence-electron chi connectivity index (χ2n) is 6.53. The second-order valence-corrected chi connectivity index (χ2v) is 8.40. The van der Waals surface area contributed by atoms with E-state index in [1.54, 1.807) is 0 Å². The summed E-state index contributed by atoms with van der Waals surface area (Å²) >= 11 is 2.78. The fourth-order valence-electron chi connectivity index (χ4n) is 6.35. The van der Waals surface area contributed by atoms with Crippen molar-refractivity contribution in [2.45, 2.75) is 3.42 Å². The summed E-state index contributed by atoms with van der Waals surface area (Å²) in [6.07, 6.45) is 0. The van der Waals surface area contributed by atoms with Gasteiger partial charge in [0.1, 0.15) is 0 Å². The zero-order chi connectivity index (χ0) is 11.0. The lowest BCUT2D eigenvalue weighted by atomic mass is 8.96. The van der Waals surface area contributed by atoms with E-state index in [2.05, 4.69) is 64.8 Å². The Balaban J connectivity index is 1.40. The van der Waals surface area contributed by atoms with Crippen LogP contribution in [-0.4, -0.2) is 3.42 Å². The molecule has 1 heteroatoms. The fourth-order valence-corrected chi connectivity index (χ4v) is 8.67. The Hall–Kier alpha value is -0.490. The average molecular weight is 330 g/mol. The summed E-state index contributed by atoms with van der Waals surface area (Å²) in [4.78, 5) is 0. The van der Waals surface area contributed by atoms with Crippen molar-refractivity contribution in [2.75, 3.05) is 0 Å². The van der Waals surface area contributed by atoms with Crippen molar-refractivity contribution in [1.29, 1.82) is 0 Å². The molecule has 0 bridgehead atoms. The van der Waals surface area contributed by atoms with Crippen LogP contribution in [0.1, 0.15) is 5.56 Å². The first kappa shape index (κ1) is 8.58. The molecule has 0 nitrogen and oxygen atoms in total. The van der Waals surface area contributed by atoms with Crippen molar-refractivity contribution in [1.82, 2.24) is 0 Å². The van der Waals surface area contributed by atoms with Gasteiger partial charge in [-0.05, 0) is 47.6 Å². The van der Waals surface area contributed by atoms with Gasteiger partial charge in [-0.2, -0.15) is 0 Å². The topological polar surface area (TPSA) is 0 Å². The Bertz CT molecular complexity index is 579. The third-order valence-corrected chi connectivity index (χ3v) is 8.86. The van der Waals surface area contributed by atoms with Crippen molar-refractivity contribution in [3.8, 4) is 11.8 Å². The molecule has 1 aromatic carbocycles. The average Bonchev–Trinajstić information content (AvgIpc) is 2.40. The van der Waals surface area contributed by atoms with Crippen molar-refractivity contribution < 1.29 is 0 Å². The normalized spacial score (nSPS) is 64.8. The van der Waals surface area contributed by atoms with Gasteiger partial charge < -0.3 is 0 Å². The van der Waals surface area contributed by atoms with Crippen LogP contribution in [0.15, 0.2) is 30.3 Å². The molecule has 0 aromatic heterocycles. The molecule has 0 saturated heterocycles. The molecule has 0 amide bonds. The summed E-state index contributed by atoms with van der Waals surface area (Å²) in [5.74, 6) is 13.5. The first-order valence-electron chi connectivity index (χ1n) is 6.58. The number of alkyl halides is 1. The standard InChI is InChI=1S/C16H11I/c17-16-12-9-13(16)11-14(16)10(12)15(9,11)7-6-8-4-2-1-3-5-8/h1-5,9-14H. The quantitative estimate of drug-likeness (QED) is 0.390. The van der Waals surface area contributed by atoms with Crippen LogP contribution in [0.5, 0.6) is 0 Å². The summed E-state index contributed by atoms with van der Waals surface area (Å²) < 4.78 is 0.800. The minimum absolute atomic E-state index is 0.531. The van der Waals surface area contributed by atoms with Gasteiger partial charge >= 0.3 is 0 Å². The summed E-state index contributed by atoms with van der Waals surface area (Å²) in [6, 6.07) is 10.5. The highest BCUT2D eigenvalue weighted by atomic mass is 127. The van der Waals surface area contributed by atoms with E-state index in [1.165, 1.54) is 5.56 Å². The molecule has 0 atom stereocenters. The van der Waals surface area contributed by atoms with Crippen molar-refractivity contribution >= 4 is 22.6 Å². The molecule has 6 aliphatic carbocycles. The molecule has 6 saturated carbocycles. The van der Waals surface area contributed by atoms with Crippen LogP contribution in [-0.2, 0) is 0 Å². The van der Waals surface area contributed by atoms with Crippen molar-refractivity contribution in [2.24, 2.45) is 40.9 Å². The van der Waals surface area contributed by atoms with Gasteiger partial charge in [0.05, 0.1) is 0 Å². The first-order valence-corrected chi connectivity index (χ1v) is 7.66. The number of halogens is 1. The summed E-state index contributed by atoms with van der Waals surface area (Å²) in [5, 5.41) is 0. The zero-order valence-corrected chi connectivity index (χ0v) is 11.4. The molecular weight excluding hydrogens is 319 g/mol. The summed E-state index contributed by atoms with van der Waals surface area (Å²) in [6.45, 7) is 0. The van der Waals surface area contributed by atoms with Gasteiger partial charge in [-0.1, -0.05) is 52.6 Å². The van der Waals surface area contributed by atoms with E-state index in [9.17, 15) is 0 Å². The van der Waals surface area contributed by atoms with Gasteiger partial charge in [-0.3, -0.25) is 0 Å². The molecule has 0 heterocycles. The fraction of sp³-hybridized carbons (Fsp3) is 0.500. The molecule has 1 aromatic rings. The van der Waals surface area contributed by atoms with Gasteiger partial charge in [0, 0.05) is 14.4 Å². The molecule has 7 rings (SSSR count). The van der Waals surface area contributed by atoms with Crippen LogP contribution in [0.25, 0.3) is 0 Å². The maximum atomic E-state index is 3.69. The van der Waals surface area contributed by atoms with Gasteiger partial charge in [-0.25, -0.2) is 0 Å². The lowest BCUT2D eigenvalue weighted by Crippen LogP contribution is -3.10. The third-order valence-electron chi connectivity index (χ3n) is 6.71. The predicted octanol–water partition coefficient (Wildman–Crippen LogP) is 2.96. The van der Waals surface area contributed by atoms with E-state index in [-0.39, 0.29) is 0 Å². The minimum Gasteiger partial charge on any atom is -0.0901 e. The number of hydrogen-bond acceptors (Lipinski definition) is 0. The Kier molecular flexibility index (Phi) is 1.06. The van der Waals surface area contributed by atoms with Gasteiger partial charge in [-0.15, -0.1) is 0 Å². The molecule has 82 valence electrons. The molecular formula is C16H11I. The van der Waals surface area contributed by atoms with E-state index in [0.29, 0.717) is 5.41 Å². The van der Waals surface area contributed by atoms with Crippen LogP contribution >= 0.6 is 22.6 Å². The Morgan fingerprint density at radius 2 is 1.47 bits per heavy atom. The maximum absolute atomic E-state index is 3.69. The summed E-state index contributed by atoms with van der Waals surface area (Å²) in [7, 11) is 0. The summed E-state index contributed by atoms with van der Waals surface area (Å²) in [5.41, 5.74) is 1.73. The highest BCUT2D eigenvalue weighted by Crippen LogP contribution is 3.08. The Labute approximate surface area is 114 Å². The van der Waals surface area contributed by atoms with Crippen LogP contribution < -0.4 is 0 Å². The number of benzene rings is 1. The van der Waals surface area contributed by atoms with E-state index >= 15 is 0 Å². The Morgan fingerprint density at radius 3 is 2.06 bits per heavy atom. The minimum atomic E-state index is 0.531. The third kappa shape index (κ3) is 0.524. The highest BCUT2D eigenvalue weighted by molar-refractivity contribution is 14.1. The molecule has 6 fully saturated rings. The van der Waals surface area contributed by atoms with Gasteiger partial charge in [0.25, 0.3) is 0 Å². The number of rotatable bonds is 0. The van der Waals surface area contributed by atoms with Crippen LogP contribution in [0, 0.1) is 52.8 Å². The zero-order valence-electron chi connectivity index (χ0n) is 9.23. The van der Waals surface area contributed by atoms with Crippen LogP contribution in [0.2, 0.25) is 0 Å². The lowest BCUT2D eigenvalue weighted by molar-refractivity contribution is -0.570. The molecule has 0 N–H and O–H groups in total. The SMILES string of the molecule is IC12C3C4C1C1C2C3C41C#Cc1ccccc1. The molecule has 0 radical (unpaired) electrons. The first-order chi connectivity index (χ1) is 8.31. The predicted molar refractivity (Wildman–Crippen MR) is 73.4 cm³/mol. The Morgan fingerprint density at radius 1 is 0.882 bits per heavy atom. The lowest BCUT2D eigenvalue weighted by Gasteiger charge is -3.09. The van der Waals surface area contributed by atoms with Crippen molar-refractivity contribution in [3.05, 3.63) is 35.9 Å². The highest BCUT2D eigenvalue weighted by Gasteiger charge is 3.09. The largest absolute Gasteiger partial charge is 0.0901 e. The molecule has 0 unspecified atom stereocenters. The van der Waals surface area contributed by atoms with E-state index < -0.39 is 0 Å². The monoisotopic (exact) mass is 330 g/mol. The maximum Gasteiger partial charge on any atom is 0.0422 e. The van der Waals surface area contributed by atoms with Crippen LogP contribution in [0.4, 0.5) is 0 Å². The van der Waals surface area contributed by atoms with Gasteiger partial charge in [0.2, 0.25) is 0 Å².